The van der Waals surface area contributed by atoms with Crippen molar-refractivity contribution in [1.82, 2.24) is 9.55 Å². The van der Waals surface area contributed by atoms with Crippen molar-refractivity contribution in [3.8, 4) is 0 Å². The fraction of sp³-hybridized carbons (Fsp3) is 0.750. The number of rotatable bonds is 8. The van der Waals surface area contributed by atoms with Gasteiger partial charge >= 0.3 is 21.3 Å². The zero-order valence-corrected chi connectivity index (χ0v) is 19.9. The number of aliphatic hydroxyl groups excluding tert-OH is 2. The highest BCUT2D eigenvalue weighted by atomic mass is 31.3. The molecule has 34 heavy (non-hydrogen) atoms. The Hall–Kier alpha value is -1.26. The van der Waals surface area contributed by atoms with E-state index in [-0.39, 0.29) is 18.4 Å². The molecule has 1 aromatic heterocycles. The zero-order chi connectivity index (χ0) is 25.4. The molecule has 0 aromatic carbocycles. The normalized spacial score (nSPS) is 35.6. The van der Waals surface area contributed by atoms with E-state index >= 15 is 0 Å². The lowest BCUT2D eigenvalue weighted by Crippen LogP contribution is -2.52. The molecule has 18 heteroatoms. The van der Waals surface area contributed by atoms with Gasteiger partial charge in [0.1, 0.15) is 18.4 Å². The van der Waals surface area contributed by atoms with Gasteiger partial charge in [0, 0.05) is 24.2 Å². The van der Waals surface area contributed by atoms with Crippen molar-refractivity contribution in [1.29, 1.82) is 0 Å². The Bertz CT molecular complexity index is 1090. The second-order valence-electron chi connectivity index (χ2n) is 8.04. The molecule has 2 aliphatic heterocycles. The van der Waals surface area contributed by atoms with E-state index in [2.05, 4.69) is 18.3 Å². The molecule has 194 valence electrons. The first-order valence-corrected chi connectivity index (χ1v) is 13.1. The van der Waals surface area contributed by atoms with Crippen LogP contribution in [0, 0.1) is 6.92 Å². The molecule has 0 spiro atoms. The van der Waals surface area contributed by atoms with Crippen LogP contribution in [0.3, 0.4) is 0 Å². The predicted molar refractivity (Wildman–Crippen MR) is 111 cm³/mol. The van der Waals surface area contributed by atoms with Crippen molar-refractivity contribution in [2.45, 2.75) is 69.7 Å². The van der Waals surface area contributed by atoms with Crippen LogP contribution in [0.5, 0.6) is 0 Å². The summed E-state index contributed by atoms with van der Waals surface area (Å²) in [5.41, 5.74) is 4.53. The first kappa shape index (κ1) is 27.3. The van der Waals surface area contributed by atoms with Gasteiger partial charge < -0.3 is 35.2 Å². The number of nitrogens with one attached hydrogen (secondary N) is 1. The molecule has 16 nitrogen and oxygen atoms in total. The molecule has 3 unspecified atom stereocenters. The number of phosphoric ester groups is 2. The minimum atomic E-state index is -5.29. The maximum absolute atomic E-state index is 12.2. The first-order chi connectivity index (χ1) is 15.7. The highest BCUT2D eigenvalue weighted by molar-refractivity contribution is 7.61. The van der Waals surface area contributed by atoms with E-state index in [9.17, 15) is 38.7 Å². The van der Waals surface area contributed by atoms with E-state index in [1.807, 2.05) is 0 Å². The molecule has 0 radical (unpaired) electrons. The summed E-state index contributed by atoms with van der Waals surface area (Å²) in [5, 5.41) is 20.1. The van der Waals surface area contributed by atoms with E-state index < -0.39 is 76.5 Å². The third-order valence-electron chi connectivity index (χ3n) is 5.19. The summed E-state index contributed by atoms with van der Waals surface area (Å²) in [5.74, 6) is 0. The van der Waals surface area contributed by atoms with Crippen molar-refractivity contribution >= 4 is 15.6 Å². The van der Waals surface area contributed by atoms with Crippen LogP contribution in [0.1, 0.15) is 31.6 Å². The number of aromatic amines is 1. The molecule has 7 N–H and O–H groups in total. The number of ether oxygens (including phenoxy) is 2. The van der Waals surface area contributed by atoms with Gasteiger partial charge in [0.05, 0.1) is 18.8 Å². The quantitative estimate of drug-likeness (QED) is 0.211. The lowest BCUT2D eigenvalue weighted by atomic mass is 10.0. The van der Waals surface area contributed by atoms with Crippen molar-refractivity contribution < 1.29 is 52.0 Å². The molecular formula is C16H27N3O13P2. The Kier molecular flexibility index (Phi) is 8.35. The van der Waals surface area contributed by atoms with E-state index in [1.54, 1.807) is 6.92 Å². The largest absolute Gasteiger partial charge is 0.483 e. The monoisotopic (exact) mass is 531 g/mol. The van der Waals surface area contributed by atoms with Gasteiger partial charge in [0.25, 0.3) is 5.56 Å². The molecule has 0 bridgehead atoms. The number of hydrogen-bond donors (Lipinski definition) is 6. The summed E-state index contributed by atoms with van der Waals surface area (Å²) in [6.07, 6.45) is -5.88. The Balaban J connectivity index is 1.58. The Morgan fingerprint density at radius 3 is 2.56 bits per heavy atom. The van der Waals surface area contributed by atoms with Crippen molar-refractivity contribution in [2.75, 3.05) is 6.61 Å². The third-order valence-corrected chi connectivity index (χ3v) is 7.79. The lowest BCUT2D eigenvalue weighted by Gasteiger charge is -2.36. The number of nitrogens with zero attached hydrogens (tertiary/aromatic N) is 1. The molecule has 0 aliphatic carbocycles. The number of aliphatic hydroxyl groups is 2. The van der Waals surface area contributed by atoms with Gasteiger partial charge in [-0.2, -0.15) is 4.31 Å². The second kappa shape index (κ2) is 10.4. The predicted octanol–water partition coefficient (Wildman–Crippen LogP) is -1.43. The van der Waals surface area contributed by atoms with E-state index in [4.69, 9.17) is 15.2 Å². The second-order valence-corrected chi connectivity index (χ2v) is 11.0. The summed E-state index contributed by atoms with van der Waals surface area (Å²) >= 11 is 0. The average molecular weight is 531 g/mol. The maximum Gasteiger partial charge on any atom is 0.483 e. The van der Waals surface area contributed by atoms with Gasteiger partial charge in [-0.15, -0.1) is 0 Å². The zero-order valence-electron chi connectivity index (χ0n) is 18.1. The van der Waals surface area contributed by atoms with Crippen LogP contribution < -0.4 is 17.0 Å². The first-order valence-electron chi connectivity index (χ1n) is 10.1. The van der Waals surface area contributed by atoms with Crippen LogP contribution >= 0.6 is 15.6 Å². The smallest absolute Gasteiger partial charge is 0.390 e. The van der Waals surface area contributed by atoms with Gasteiger partial charge in [0.15, 0.2) is 6.29 Å². The molecule has 2 saturated heterocycles. The van der Waals surface area contributed by atoms with E-state index in [0.717, 1.165) is 4.57 Å². The third kappa shape index (κ3) is 6.69. The fourth-order valence-corrected chi connectivity index (χ4v) is 5.64. The number of hydrogen-bond acceptors (Lipinski definition) is 12. The molecule has 3 rings (SSSR count). The molecule has 2 aliphatic rings. The van der Waals surface area contributed by atoms with Crippen LogP contribution in [0.2, 0.25) is 0 Å². The van der Waals surface area contributed by atoms with Crippen LogP contribution in [0.15, 0.2) is 15.8 Å². The summed E-state index contributed by atoms with van der Waals surface area (Å²) in [6.45, 7) is 2.27. The van der Waals surface area contributed by atoms with E-state index in [1.165, 1.54) is 13.1 Å². The molecule has 0 amide bonds. The topological polar surface area (TPSA) is 242 Å². The number of aryl methyl sites for hydroxylation is 1. The lowest BCUT2D eigenvalue weighted by molar-refractivity contribution is -0.208. The summed E-state index contributed by atoms with van der Waals surface area (Å²) in [4.78, 5) is 45.2. The fourth-order valence-electron chi connectivity index (χ4n) is 3.48. The van der Waals surface area contributed by atoms with Crippen LogP contribution in [-0.4, -0.2) is 72.9 Å². The summed E-state index contributed by atoms with van der Waals surface area (Å²) in [6, 6.07) is -0.835. The van der Waals surface area contributed by atoms with Gasteiger partial charge in [-0.25, -0.2) is 13.9 Å². The highest BCUT2D eigenvalue weighted by Crippen LogP contribution is 2.61. The summed E-state index contributed by atoms with van der Waals surface area (Å²) in [7, 11) is -10.5. The summed E-state index contributed by atoms with van der Waals surface area (Å²) < 4.78 is 49.5. The minimum absolute atomic E-state index is 0.118. The van der Waals surface area contributed by atoms with Gasteiger partial charge in [-0.05, 0) is 20.3 Å². The molecule has 9 atom stereocenters. The van der Waals surface area contributed by atoms with Crippen molar-refractivity contribution in [3.63, 3.8) is 0 Å². The maximum atomic E-state index is 12.2. The number of H-pyrrole nitrogens is 1. The molecular weight excluding hydrogens is 504 g/mol. The van der Waals surface area contributed by atoms with Crippen LogP contribution in [0.4, 0.5) is 0 Å². The minimum Gasteiger partial charge on any atom is -0.390 e. The Morgan fingerprint density at radius 1 is 1.21 bits per heavy atom. The number of aromatic nitrogens is 2. The average Bonchev–Trinajstić information content (AvgIpc) is 3.06. The van der Waals surface area contributed by atoms with Gasteiger partial charge in [-0.3, -0.25) is 23.4 Å². The van der Waals surface area contributed by atoms with E-state index in [0.29, 0.717) is 0 Å². The van der Waals surface area contributed by atoms with Crippen LogP contribution in [0.25, 0.3) is 0 Å². The van der Waals surface area contributed by atoms with Crippen molar-refractivity contribution in [2.24, 2.45) is 5.73 Å². The number of nitrogens with two attached hydrogens (primary N) is 1. The molecule has 1 aromatic rings. The van der Waals surface area contributed by atoms with Crippen molar-refractivity contribution in [3.05, 3.63) is 32.6 Å². The van der Waals surface area contributed by atoms with Gasteiger partial charge in [-0.1, -0.05) is 0 Å². The standard InChI is InChI=1S/C16H27N3O13P2/c1-7-5-19(16(23)18-14(7)22)12-4-10(20)11(30-12)6-28-33(24,25)32-34(26,27)31-15-13(21)9(17)3-8(2)29-15/h5,8-13,15,20-21H,3-4,6,17H2,1-2H3,(H,24,25)(H,26,27)(H,18,22,23)/t8-,9+,10+,11-,12-,13-,15?/m1/s1. The molecule has 0 saturated carbocycles. The van der Waals surface area contributed by atoms with Gasteiger partial charge in [0.2, 0.25) is 0 Å². The van der Waals surface area contributed by atoms with Crippen LogP contribution in [-0.2, 0) is 32.0 Å². The Morgan fingerprint density at radius 2 is 1.88 bits per heavy atom. The molecule has 3 heterocycles. The Labute approximate surface area is 192 Å². The highest BCUT2D eigenvalue weighted by Gasteiger charge is 2.44. The molecule has 2 fully saturated rings. The number of phosphoric acid groups is 2. The SMILES string of the molecule is Cc1cn([C@H]2C[C@H](O)[C@@H](COP(=O)(O)OP(=O)(O)OC3O[C@H](C)C[C@H](N)[C@H]3O)O2)c(=O)[nH]c1=O.